The summed E-state index contributed by atoms with van der Waals surface area (Å²) in [7, 11) is 0. The number of benzene rings is 3. The fourth-order valence-electron chi connectivity index (χ4n) is 3.66. The molecule has 1 fully saturated rings. The quantitative estimate of drug-likeness (QED) is 0.277. The molecule has 8 heteroatoms. The Morgan fingerprint density at radius 3 is 2.44 bits per heavy atom. The monoisotopic (exact) mass is 514 g/mol. The summed E-state index contributed by atoms with van der Waals surface area (Å²) in [5, 5.41) is 10.2. The third-order valence-electron chi connectivity index (χ3n) is 5.43. The van der Waals surface area contributed by atoms with Crippen LogP contribution in [0.4, 0.5) is 5.69 Å². The second kappa shape index (κ2) is 10.3. The first-order valence-electron chi connectivity index (χ1n) is 11.0. The van der Waals surface area contributed by atoms with Crippen LogP contribution in [0.15, 0.2) is 105 Å². The fourth-order valence-corrected chi connectivity index (χ4v) is 4.85. The van der Waals surface area contributed by atoms with Crippen LogP contribution in [0.25, 0.3) is 17.4 Å². The number of para-hydroxylation sites is 1. The summed E-state index contributed by atoms with van der Waals surface area (Å²) < 4.78 is 5.92. The number of carboxylic acid groups (broad SMARTS) is 1. The Hall–Kier alpha value is -4.07. The highest BCUT2D eigenvalue weighted by atomic mass is 35.5. The summed E-state index contributed by atoms with van der Waals surface area (Å²) in [5.74, 6) is -0.385. The van der Waals surface area contributed by atoms with E-state index in [4.69, 9.17) is 21.0 Å². The molecule has 0 unspecified atom stereocenters. The van der Waals surface area contributed by atoms with Crippen molar-refractivity contribution in [3.63, 3.8) is 0 Å². The maximum Gasteiger partial charge on any atom is 0.335 e. The highest BCUT2D eigenvalue weighted by Crippen LogP contribution is 2.37. The molecule has 0 radical (unpaired) electrons. The van der Waals surface area contributed by atoms with E-state index in [1.54, 1.807) is 23.1 Å². The number of halogens is 1. The predicted octanol–water partition coefficient (Wildman–Crippen LogP) is 7.10. The molecule has 0 atom stereocenters. The lowest BCUT2D eigenvalue weighted by Crippen LogP contribution is -2.28. The molecule has 3 aromatic carbocycles. The van der Waals surface area contributed by atoms with Crippen LogP contribution in [0.1, 0.15) is 21.7 Å². The minimum absolute atomic E-state index is 0.102. The Kier molecular flexibility index (Phi) is 6.75. The van der Waals surface area contributed by atoms with E-state index >= 15 is 0 Å². The molecule has 4 aromatic rings. The SMILES string of the molecule is O=C(O)c1ccc(Cl)c(-c2ccc(/C=C3\SC(=Nc4ccccc4)N(Cc4ccccc4)C3=O)o2)c1. The molecule has 2 heterocycles. The largest absolute Gasteiger partial charge is 0.478 e. The van der Waals surface area contributed by atoms with Crippen LogP contribution < -0.4 is 0 Å². The minimum atomic E-state index is -1.06. The Labute approximate surface area is 216 Å². The van der Waals surface area contributed by atoms with Crippen molar-refractivity contribution in [3.8, 4) is 11.3 Å². The molecule has 6 nitrogen and oxygen atoms in total. The topological polar surface area (TPSA) is 83.1 Å². The number of aliphatic imine (C=N–C) groups is 1. The number of thioether (sulfide) groups is 1. The molecule has 1 aliphatic heterocycles. The van der Waals surface area contributed by atoms with Gasteiger partial charge < -0.3 is 9.52 Å². The second-order valence-corrected chi connectivity index (χ2v) is 9.34. The van der Waals surface area contributed by atoms with Gasteiger partial charge in [-0.1, -0.05) is 60.1 Å². The highest BCUT2D eigenvalue weighted by molar-refractivity contribution is 8.18. The Morgan fingerprint density at radius 2 is 1.72 bits per heavy atom. The van der Waals surface area contributed by atoms with Crippen LogP contribution in [0.5, 0.6) is 0 Å². The van der Waals surface area contributed by atoms with Gasteiger partial charge in [0.05, 0.1) is 27.7 Å². The number of carbonyl (C=O) groups is 2. The third-order valence-corrected chi connectivity index (χ3v) is 6.77. The summed E-state index contributed by atoms with van der Waals surface area (Å²) in [6.07, 6.45) is 1.66. The second-order valence-electron chi connectivity index (χ2n) is 7.92. The molecule has 1 amide bonds. The summed E-state index contributed by atoms with van der Waals surface area (Å²) >= 11 is 7.56. The third kappa shape index (κ3) is 5.12. The lowest BCUT2D eigenvalue weighted by Gasteiger charge is -2.15. The van der Waals surface area contributed by atoms with Gasteiger partial charge in [0.2, 0.25) is 0 Å². The van der Waals surface area contributed by atoms with Crippen molar-refractivity contribution >= 4 is 52.2 Å². The first-order valence-corrected chi connectivity index (χ1v) is 12.2. The lowest BCUT2D eigenvalue weighted by atomic mass is 10.1. The zero-order valence-electron chi connectivity index (χ0n) is 18.8. The molecule has 36 heavy (non-hydrogen) atoms. The molecular formula is C28H19ClN2O4S. The van der Waals surface area contributed by atoms with Crippen LogP contribution in [-0.2, 0) is 11.3 Å². The van der Waals surface area contributed by atoms with Crippen molar-refractivity contribution in [1.29, 1.82) is 0 Å². The van der Waals surface area contributed by atoms with E-state index in [9.17, 15) is 14.7 Å². The van der Waals surface area contributed by atoms with Gasteiger partial charge >= 0.3 is 5.97 Å². The number of amidine groups is 1. The van der Waals surface area contributed by atoms with Gasteiger partial charge in [-0.2, -0.15) is 0 Å². The molecule has 1 saturated heterocycles. The Morgan fingerprint density at radius 1 is 1.00 bits per heavy atom. The summed E-state index contributed by atoms with van der Waals surface area (Å²) in [4.78, 5) is 31.6. The van der Waals surface area contributed by atoms with E-state index in [0.717, 1.165) is 11.3 Å². The average Bonchev–Trinajstić information content (AvgIpc) is 3.46. The Balaban J connectivity index is 1.47. The minimum Gasteiger partial charge on any atom is -0.478 e. The molecule has 0 spiro atoms. The van der Waals surface area contributed by atoms with E-state index in [-0.39, 0.29) is 11.5 Å². The summed E-state index contributed by atoms with van der Waals surface area (Å²) in [6.45, 7) is 0.386. The van der Waals surface area contributed by atoms with E-state index in [2.05, 4.69) is 0 Å². The zero-order chi connectivity index (χ0) is 25.1. The number of carboxylic acids is 1. The van der Waals surface area contributed by atoms with Gasteiger partial charge in [-0.3, -0.25) is 9.69 Å². The van der Waals surface area contributed by atoms with Crippen molar-refractivity contribution in [3.05, 3.63) is 118 Å². The Bertz CT molecular complexity index is 1500. The normalized spacial score (nSPS) is 15.7. The molecular weight excluding hydrogens is 496 g/mol. The van der Waals surface area contributed by atoms with Crippen LogP contribution in [0.2, 0.25) is 5.02 Å². The number of rotatable bonds is 6. The maximum atomic E-state index is 13.4. The molecule has 178 valence electrons. The molecule has 0 bridgehead atoms. The number of hydrogen-bond donors (Lipinski definition) is 1. The van der Waals surface area contributed by atoms with Gasteiger partial charge in [-0.15, -0.1) is 0 Å². The summed E-state index contributed by atoms with van der Waals surface area (Å²) in [5.41, 5.74) is 2.30. The summed E-state index contributed by atoms with van der Waals surface area (Å²) in [6, 6.07) is 27.0. The number of carbonyl (C=O) groups excluding carboxylic acids is 1. The number of furan rings is 1. The van der Waals surface area contributed by atoms with Gasteiger partial charge in [0.1, 0.15) is 11.5 Å². The molecule has 1 aliphatic rings. The molecule has 1 aromatic heterocycles. The fraction of sp³-hybridized carbons (Fsp3) is 0.0357. The van der Waals surface area contributed by atoms with Gasteiger partial charge in [-0.05, 0) is 59.8 Å². The number of amides is 1. The van der Waals surface area contributed by atoms with Crippen molar-refractivity contribution in [2.24, 2.45) is 4.99 Å². The van der Waals surface area contributed by atoms with Gasteiger partial charge in [0.15, 0.2) is 5.17 Å². The number of hydrogen-bond acceptors (Lipinski definition) is 5. The highest BCUT2D eigenvalue weighted by Gasteiger charge is 2.33. The van der Waals surface area contributed by atoms with Crippen LogP contribution in [0.3, 0.4) is 0 Å². The first kappa shape index (κ1) is 23.7. The number of aromatic carboxylic acids is 1. The smallest absolute Gasteiger partial charge is 0.335 e. The molecule has 1 N–H and O–H groups in total. The van der Waals surface area contributed by atoms with Gasteiger partial charge in [-0.25, -0.2) is 9.79 Å². The molecule has 0 saturated carbocycles. The van der Waals surface area contributed by atoms with E-state index in [0.29, 0.717) is 38.7 Å². The van der Waals surface area contributed by atoms with Crippen LogP contribution >= 0.6 is 23.4 Å². The zero-order valence-corrected chi connectivity index (χ0v) is 20.4. The first-order chi connectivity index (χ1) is 17.5. The van der Waals surface area contributed by atoms with E-state index < -0.39 is 5.97 Å². The maximum absolute atomic E-state index is 13.4. The van der Waals surface area contributed by atoms with Crippen LogP contribution in [0, 0.1) is 0 Å². The van der Waals surface area contributed by atoms with E-state index in [1.165, 1.54) is 30.0 Å². The predicted molar refractivity (Wildman–Crippen MR) is 142 cm³/mol. The van der Waals surface area contributed by atoms with Crippen molar-refractivity contribution in [2.75, 3.05) is 0 Å². The van der Waals surface area contributed by atoms with Crippen molar-refractivity contribution in [1.82, 2.24) is 4.90 Å². The van der Waals surface area contributed by atoms with Gasteiger partial charge in [0, 0.05) is 11.6 Å². The van der Waals surface area contributed by atoms with Crippen molar-refractivity contribution < 1.29 is 19.1 Å². The van der Waals surface area contributed by atoms with Gasteiger partial charge in [0.25, 0.3) is 5.91 Å². The van der Waals surface area contributed by atoms with E-state index in [1.807, 2.05) is 60.7 Å². The standard InChI is InChI=1S/C28H19ClN2O4S/c29-23-13-11-19(27(33)34)15-22(23)24-14-12-21(35-24)16-25-26(32)31(17-18-7-3-1-4-8-18)28(36-25)30-20-9-5-2-6-10-20/h1-16H,17H2,(H,33,34)/b25-16-,30-28?. The lowest BCUT2D eigenvalue weighted by molar-refractivity contribution is -0.122. The van der Waals surface area contributed by atoms with Crippen molar-refractivity contribution in [2.45, 2.75) is 6.54 Å². The molecule has 0 aliphatic carbocycles. The molecule has 5 rings (SSSR count). The number of nitrogens with zero attached hydrogens (tertiary/aromatic N) is 2. The average molecular weight is 515 g/mol. The van der Waals surface area contributed by atoms with Crippen LogP contribution in [-0.4, -0.2) is 27.1 Å².